The van der Waals surface area contributed by atoms with Crippen molar-refractivity contribution in [2.24, 2.45) is 10.9 Å². The Labute approximate surface area is 139 Å². The first-order valence-electron chi connectivity index (χ1n) is 6.88. The van der Waals surface area contributed by atoms with Gasteiger partial charge in [-0.1, -0.05) is 5.16 Å². The molecule has 2 N–H and O–H groups in total. The molecule has 0 atom stereocenters. The van der Waals surface area contributed by atoms with Gasteiger partial charge in [-0.05, 0) is 25.1 Å². The largest absolute Gasteiger partial charge is 0.380 e. The molecule has 0 fully saturated rings. The van der Waals surface area contributed by atoms with E-state index in [1.54, 1.807) is 0 Å². The number of hydrogen-bond acceptors (Lipinski definition) is 6. The molecule has 25 heavy (non-hydrogen) atoms. The highest BCUT2D eigenvalue weighted by molar-refractivity contribution is 5.97. The van der Waals surface area contributed by atoms with Gasteiger partial charge in [0.15, 0.2) is 5.84 Å². The van der Waals surface area contributed by atoms with Gasteiger partial charge in [0.25, 0.3) is 12.1 Å². The van der Waals surface area contributed by atoms with E-state index >= 15 is 0 Å². The number of oxime groups is 1. The summed E-state index contributed by atoms with van der Waals surface area (Å²) in [5, 5.41) is 17.6. The summed E-state index contributed by atoms with van der Waals surface area (Å²) in [6.45, 7) is 1.09. The van der Waals surface area contributed by atoms with Crippen LogP contribution in [0.5, 0.6) is 0 Å². The molecule has 0 spiro atoms. The van der Waals surface area contributed by atoms with Gasteiger partial charge in [-0.3, -0.25) is 14.8 Å². The minimum Gasteiger partial charge on any atom is -0.380 e. The van der Waals surface area contributed by atoms with Crippen molar-refractivity contribution in [3.05, 3.63) is 57.4 Å². The third-order valence-corrected chi connectivity index (χ3v) is 3.12. The lowest BCUT2D eigenvalue weighted by Gasteiger charge is -2.03. The van der Waals surface area contributed by atoms with Crippen molar-refractivity contribution in [3.8, 4) is 0 Å². The summed E-state index contributed by atoms with van der Waals surface area (Å²) in [5.41, 5.74) is 5.72. The molecule has 0 bridgehead atoms. The van der Waals surface area contributed by atoms with Crippen molar-refractivity contribution in [2.75, 3.05) is 0 Å². The predicted molar refractivity (Wildman–Crippen MR) is 81.8 cm³/mol. The molecule has 11 heteroatoms. The van der Waals surface area contributed by atoms with Gasteiger partial charge >= 0.3 is 5.97 Å². The Morgan fingerprint density at radius 3 is 2.60 bits per heavy atom. The Bertz CT molecular complexity index is 817. The fourth-order valence-corrected chi connectivity index (χ4v) is 1.86. The van der Waals surface area contributed by atoms with Crippen molar-refractivity contribution >= 4 is 17.5 Å². The fraction of sp³-hybridized carbons (Fsp3) is 0.214. The van der Waals surface area contributed by atoms with Gasteiger partial charge in [-0.15, -0.1) is 0 Å². The second-order valence-corrected chi connectivity index (χ2v) is 4.91. The van der Waals surface area contributed by atoms with Crippen molar-refractivity contribution in [2.45, 2.75) is 19.9 Å². The fourth-order valence-electron chi connectivity index (χ4n) is 1.86. The van der Waals surface area contributed by atoms with Crippen LogP contribution in [-0.4, -0.2) is 26.5 Å². The lowest BCUT2D eigenvalue weighted by Crippen LogP contribution is -2.18. The Kier molecular flexibility index (Phi) is 5.37. The smallest absolute Gasteiger partial charge is 0.356 e. The van der Waals surface area contributed by atoms with Crippen LogP contribution in [-0.2, 0) is 16.2 Å². The van der Waals surface area contributed by atoms with Gasteiger partial charge in [0.2, 0.25) is 0 Å². The van der Waals surface area contributed by atoms with E-state index in [0.29, 0.717) is 11.3 Å². The number of nitrogens with two attached hydrogens (primary N) is 1. The zero-order valence-corrected chi connectivity index (χ0v) is 12.9. The molecule has 0 radical (unpaired) electrons. The molecule has 0 aliphatic heterocycles. The normalized spacial score (nSPS) is 11.6. The number of rotatable bonds is 6. The van der Waals surface area contributed by atoms with Crippen LogP contribution in [0.3, 0.4) is 0 Å². The first kappa shape index (κ1) is 18.0. The average molecular weight is 353 g/mol. The maximum atomic E-state index is 12.5. The zero-order chi connectivity index (χ0) is 18.6. The molecule has 0 amide bonds. The molecule has 9 nitrogen and oxygen atoms in total. The van der Waals surface area contributed by atoms with E-state index in [4.69, 9.17) is 5.73 Å². The SMILES string of the molecule is Cc1cc(C(F)F)nn1CC(=O)O/N=C(\N)c1ccc([N+](=O)[O-])cc1. The quantitative estimate of drug-likeness (QED) is 0.278. The number of halogens is 2. The zero-order valence-electron chi connectivity index (χ0n) is 12.9. The number of non-ortho nitro benzene ring substituents is 1. The highest BCUT2D eigenvalue weighted by Crippen LogP contribution is 2.18. The second kappa shape index (κ2) is 7.47. The van der Waals surface area contributed by atoms with E-state index in [0.717, 1.165) is 10.7 Å². The van der Waals surface area contributed by atoms with Crippen LogP contribution in [0.1, 0.15) is 23.4 Å². The van der Waals surface area contributed by atoms with Crippen molar-refractivity contribution in [1.29, 1.82) is 0 Å². The molecular weight excluding hydrogens is 340 g/mol. The van der Waals surface area contributed by atoms with Crippen LogP contribution in [0.2, 0.25) is 0 Å². The van der Waals surface area contributed by atoms with Gasteiger partial charge in [-0.2, -0.15) is 5.10 Å². The highest BCUT2D eigenvalue weighted by atomic mass is 19.3. The highest BCUT2D eigenvalue weighted by Gasteiger charge is 2.16. The molecular formula is C14H13F2N5O4. The van der Waals surface area contributed by atoms with E-state index < -0.39 is 29.6 Å². The number of nitrogens with zero attached hydrogens (tertiary/aromatic N) is 4. The van der Waals surface area contributed by atoms with Crippen LogP contribution >= 0.6 is 0 Å². The van der Waals surface area contributed by atoms with Crippen molar-refractivity contribution < 1.29 is 23.3 Å². The van der Waals surface area contributed by atoms with Crippen LogP contribution in [0.15, 0.2) is 35.5 Å². The molecule has 1 heterocycles. The number of hydrogen-bond donors (Lipinski definition) is 1. The standard InChI is InChI=1S/C14H13F2N5O4/c1-8-6-11(13(15)16)18-20(8)7-12(22)25-19-14(17)9-2-4-10(5-3-9)21(23)24/h2-6,13H,7H2,1H3,(H2,17,19). The van der Waals surface area contributed by atoms with Gasteiger partial charge in [0.05, 0.1) is 4.92 Å². The molecule has 0 aliphatic rings. The Hall–Kier alpha value is -3.37. The van der Waals surface area contributed by atoms with Crippen LogP contribution in [0.25, 0.3) is 0 Å². The number of aryl methyl sites for hydroxylation is 1. The maximum Gasteiger partial charge on any atom is 0.356 e. The molecule has 1 aromatic carbocycles. The van der Waals surface area contributed by atoms with E-state index in [2.05, 4.69) is 15.1 Å². The minimum atomic E-state index is -2.74. The molecule has 1 aromatic heterocycles. The predicted octanol–water partition coefficient (Wildman–Crippen LogP) is 1.90. The van der Waals surface area contributed by atoms with E-state index in [1.807, 2.05) is 0 Å². The first-order chi connectivity index (χ1) is 11.8. The topological polar surface area (TPSA) is 126 Å². The summed E-state index contributed by atoms with van der Waals surface area (Å²) in [7, 11) is 0. The van der Waals surface area contributed by atoms with E-state index in [-0.39, 0.29) is 11.5 Å². The third kappa shape index (κ3) is 4.56. The molecule has 0 saturated carbocycles. The number of carbonyl (C=O) groups excluding carboxylic acids is 1. The Balaban J connectivity index is 2.00. The summed E-state index contributed by atoms with van der Waals surface area (Å²) in [6.07, 6.45) is -2.74. The number of carbonyl (C=O) groups is 1. The monoisotopic (exact) mass is 353 g/mol. The molecule has 132 valence electrons. The number of alkyl halides is 2. The maximum absolute atomic E-state index is 12.5. The Morgan fingerprint density at radius 1 is 1.44 bits per heavy atom. The van der Waals surface area contributed by atoms with E-state index in [1.165, 1.54) is 31.2 Å². The summed E-state index contributed by atoms with van der Waals surface area (Å²) < 4.78 is 26.1. The number of amidine groups is 1. The number of nitro groups is 1. The van der Waals surface area contributed by atoms with Crippen molar-refractivity contribution in [3.63, 3.8) is 0 Å². The van der Waals surface area contributed by atoms with Crippen molar-refractivity contribution in [1.82, 2.24) is 9.78 Å². The summed E-state index contributed by atoms with van der Waals surface area (Å²) >= 11 is 0. The van der Waals surface area contributed by atoms with Crippen LogP contribution in [0, 0.1) is 17.0 Å². The third-order valence-electron chi connectivity index (χ3n) is 3.12. The second-order valence-electron chi connectivity index (χ2n) is 4.91. The van der Waals surface area contributed by atoms with Gasteiger partial charge in [-0.25, -0.2) is 13.6 Å². The average Bonchev–Trinajstić information content (AvgIpc) is 2.94. The molecule has 2 aromatic rings. The number of nitro benzene ring substituents is 1. The Morgan fingerprint density at radius 2 is 2.08 bits per heavy atom. The summed E-state index contributed by atoms with van der Waals surface area (Å²) in [6, 6.07) is 6.29. The first-order valence-corrected chi connectivity index (χ1v) is 6.88. The number of benzene rings is 1. The molecule has 0 aliphatic carbocycles. The van der Waals surface area contributed by atoms with Crippen LogP contribution in [0.4, 0.5) is 14.5 Å². The molecule has 0 saturated heterocycles. The van der Waals surface area contributed by atoms with Gasteiger partial charge in [0, 0.05) is 23.4 Å². The van der Waals surface area contributed by atoms with Gasteiger partial charge in [0.1, 0.15) is 12.2 Å². The number of aromatic nitrogens is 2. The van der Waals surface area contributed by atoms with E-state index in [9.17, 15) is 23.7 Å². The minimum absolute atomic E-state index is 0.127. The van der Waals surface area contributed by atoms with Gasteiger partial charge < -0.3 is 10.6 Å². The lowest BCUT2D eigenvalue weighted by molar-refractivity contribution is -0.384. The van der Waals surface area contributed by atoms with Crippen LogP contribution < -0.4 is 5.73 Å². The molecule has 0 unspecified atom stereocenters. The summed E-state index contributed by atoms with van der Waals surface area (Å²) in [5.74, 6) is -1.04. The lowest BCUT2D eigenvalue weighted by atomic mass is 10.2. The summed E-state index contributed by atoms with van der Waals surface area (Å²) in [4.78, 5) is 26.3. The molecule has 2 rings (SSSR count).